The summed E-state index contributed by atoms with van der Waals surface area (Å²) in [4.78, 5) is 96.7. The lowest BCUT2D eigenvalue weighted by atomic mass is 9.81. The number of amides is 6. The third-order valence-electron chi connectivity index (χ3n) is 12.0. The summed E-state index contributed by atoms with van der Waals surface area (Å²) in [5, 5.41) is 41.0. The van der Waals surface area contributed by atoms with Gasteiger partial charge in [0.25, 0.3) is 29.5 Å². The molecule has 4 saturated heterocycles. The van der Waals surface area contributed by atoms with Crippen molar-refractivity contribution in [2.24, 2.45) is 17.8 Å². The standard InChI is InChI=1S/C38H64N8O12/c1-9-21(4)18-25-14-15-28(57-24(25)7)38(8,54)37(53)42-30-31(20(2)3)58-36(52)23(6)46(56)33(49)26-12-10-16-40-43(26)29(47)19-39-32(48)22(5)45(55)34(50)27-13-11-17-41-44(27)35(30)51/h20-28,30-31,40-41,54-56H,9-19H2,1-8H3,(H,39,48)(H,42,53)/t21-,22-,23+,24+,25+,26-,27+,28+,30-,31-,38-/m0/s1. The quantitative estimate of drug-likeness (QED) is 0.129. The second kappa shape index (κ2) is 19.9. The molecule has 4 rings (SSSR count). The van der Waals surface area contributed by atoms with E-state index < -0.39 is 102 Å². The Balaban J connectivity index is 1.73. The predicted octanol–water partition coefficient (Wildman–Crippen LogP) is -0.256. The van der Waals surface area contributed by atoms with Gasteiger partial charge in [0.15, 0.2) is 11.6 Å². The second-order valence-corrected chi connectivity index (χ2v) is 16.7. The number of carbonyl (C=O) groups excluding carboxylic acids is 7. The molecule has 0 radical (unpaired) electrons. The Bertz CT molecular complexity index is 1530. The number of nitrogens with zero attached hydrogens (tertiary/aromatic N) is 4. The third kappa shape index (κ3) is 10.4. The highest BCUT2D eigenvalue weighted by Gasteiger charge is 2.50. The van der Waals surface area contributed by atoms with Crippen LogP contribution in [0.4, 0.5) is 0 Å². The van der Waals surface area contributed by atoms with Crippen molar-refractivity contribution in [2.75, 3.05) is 19.6 Å². The minimum Gasteiger partial charge on any atom is -0.458 e. The highest BCUT2D eigenvalue weighted by molar-refractivity contribution is 5.96. The van der Waals surface area contributed by atoms with Gasteiger partial charge in [-0.2, -0.15) is 0 Å². The van der Waals surface area contributed by atoms with E-state index in [1.54, 1.807) is 13.8 Å². The van der Waals surface area contributed by atoms with Gasteiger partial charge in [0.2, 0.25) is 5.91 Å². The first-order valence-electron chi connectivity index (χ1n) is 20.6. The maximum Gasteiger partial charge on any atom is 0.331 e. The Morgan fingerprint density at radius 2 is 1.43 bits per heavy atom. The van der Waals surface area contributed by atoms with E-state index in [1.807, 2.05) is 6.92 Å². The number of ether oxygens (including phenoxy) is 2. The fourth-order valence-electron chi connectivity index (χ4n) is 7.86. The van der Waals surface area contributed by atoms with Gasteiger partial charge in [0.1, 0.15) is 30.3 Å². The first-order valence-corrected chi connectivity index (χ1v) is 20.6. The van der Waals surface area contributed by atoms with Crippen LogP contribution in [0.1, 0.15) is 107 Å². The molecular formula is C38H64N8O12. The Labute approximate surface area is 339 Å². The molecule has 328 valence electrons. The first-order chi connectivity index (χ1) is 27.2. The molecule has 4 heterocycles. The van der Waals surface area contributed by atoms with Gasteiger partial charge < -0.3 is 25.2 Å². The van der Waals surface area contributed by atoms with Gasteiger partial charge in [0, 0.05) is 13.1 Å². The van der Waals surface area contributed by atoms with Crippen LogP contribution >= 0.6 is 0 Å². The Morgan fingerprint density at radius 1 is 0.862 bits per heavy atom. The molecule has 20 nitrogen and oxygen atoms in total. The van der Waals surface area contributed by atoms with Crippen LogP contribution in [-0.4, -0.2) is 151 Å². The maximum atomic E-state index is 14.7. The Hall–Kier alpha value is -3.95. The number of esters is 1. The monoisotopic (exact) mass is 824 g/mol. The Morgan fingerprint density at radius 3 is 2.00 bits per heavy atom. The highest BCUT2D eigenvalue weighted by atomic mass is 16.6. The molecule has 0 unspecified atom stereocenters. The highest BCUT2D eigenvalue weighted by Crippen LogP contribution is 2.35. The van der Waals surface area contributed by atoms with Crippen LogP contribution in [0.15, 0.2) is 0 Å². The lowest BCUT2D eigenvalue weighted by Crippen LogP contribution is -2.68. The lowest BCUT2D eigenvalue weighted by molar-refractivity contribution is -0.198. The summed E-state index contributed by atoms with van der Waals surface area (Å²) in [5.74, 6) is -7.08. The number of cyclic esters (lactones) is 1. The van der Waals surface area contributed by atoms with Crippen molar-refractivity contribution in [1.29, 1.82) is 0 Å². The molecule has 0 spiro atoms. The smallest absolute Gasteiger partial charge is 0.331 e. The van der Waals surface area contributed by atoms with Crippen LogP contribution in [0.3, 0.4) is 0 Å². The van der Waals surface area contributed by atoms with Gasteiger partial charge in [-0.3, -0.25) is 49.2 Å². The molecule has 6 amide bonds. The fourth-order valence-corrected chi connectivity index (χ4v) is 7.86. The SMILES string of the molecule is CC[C@H](C)C[C@H]1CC[C@H]([C@](C)(O)C(=O)N[C@@H]2C(=O)N3NCCC[C@@H]3C(=O)N(O)[C@@H](C)C(=O)NCC(=O)N3NCCC[C@H]3C(=O)N(O)[C@H](C)C(=O)O[C@H]2C(C)C)O[C@@H]1C. The molecule has 4 aliphatic heterocycles. The molecule has 0 saturated carbocycles. The molecule has 7 N–H and O–H groups in total. The van der Waals surface area contributed by atoms with Crippen molar-refractivity contribution >= 4 is 41.4 Å². The van der Waals surface area contributed by atoms with Crippen LogP contribution in [0.5, 0.6) is 0 Å². The van der Waals surface area contributed by atoms with Crippen molar-refractivity contribution in [3.8, 4) is 0 Å². The Kier molecular flexibility index (Phi) is 16.0. The molecule has 0 aromatic rings. The largest absolute Gasteiger partial charge is 0.458 e. The average Bonchev–Trinajstić information content (AvgIpc) is 3.21. The number of nitrogens with one attached hydrogen (secondary N) is 4. The van der Waals surface area contributed by atoms with E-state index in [1.165, 1.54) is 20.8 Å². The zero-order valence-electron chi connectivity index (χ0n) is 34.9. The summed E-state index contributed by atoms with van der Waals surface area (Å²) >= 11 is 0. The van der Waals surface area contributed by atoms with Crippen LogP contribution in [-0.2, 0) is 43.0 Å². The minimum atomic E-state index is -2.19. The molecule has 4 fully saturated rings. The maximum absolute atomic E-state index is 14.7. The van der Waals surface area contributed by atoms with Crippen molar-refractivity contribution in [1.82, 2.24) is 41.6 Å². The number of carbonyl (C=O) groups is 7. The van der Waals surface area contributed by atoms with Gasteiger partial charge in [0.05, 0.1) is 18.8 Å². The molecule has 20 heteroatoms. The molecule has 11 atom stereocenters. The van der Waals surface area contributed by atoms with E-state index in [4.69, 9.17) is 9.47 Å². The summed E-state index contributed by atoms with van der Waals surface area (Å²) < 4.78 is 12.1. The van der Waals surface area contributed by atoms with Gasteiger partial charge in [-0.1, -0.05) is 34.1 Å². The van der Waals surface area contributed by atoms with Crippen molar-refractivity contribution in [2.45, 2.75) is 161 Å². The predicted molar refractivity (Wildman–Crippen MR) is 203 cm³/mol. The molecule has 0 aliphatic carbocycles. The molecule has 0 aromatic carbocycles. The normalized spacial score (nSPS) is 33.2. The molecule has 58 heavy (non-hydrogen) atoms. The molecular weight excluding hydrogens is 760 g/mol. The van der Waals surface area contributed by atoms with Crippen LogP contribution in [0, 0.1) is 17.8 Å². The summed E-state index contributed by atoms with van der Waals surface area (Å²) in [6, 6.07) is -7.76. The summed E-state index contributed by atoms with van der Waals surface area (Å²) in [5.41, 5.74) is 3.42. The minimum absolute atomic E-state index is 0.0121. The van der Waals surface area contributed by atoms with Gasteiger partial charge in [-0.15, -0.1) is 0 Å². The fraction of sp³-hybridized carbons (Fsp3) is 0.816. The second-order valence-electron chi connectivity index (χ2n) is 16.7. The van der Waals surface area contributed by atoms with Gasteiger partial charge >= 0.3 is 5.97 Å². The zero-order chi connectivity index (χ0) is 43.2. The molecule has 0 bridgehead atoms. The summed E-state index contributed by atoms with van der Waals surface area (Å²) in [7, 11) is 0. The number of rotatable bonds is 7. The van der Waals surface area contributed by atoms with E-state index in [9.17, 15) is 49.1 Å². The van der Waals surface area contributed by atoms with Crippen LogP contribution in [0.25, 0.3) is 0 Å². The molecule has 4 aliphatic rings. The van der Waals surface area contributed by atoms with Gasteiger partial charge in [-0.05, 0) is 90.4 Å². The van der Waals surface area contributed by atoms with E-state index in [0.717, 1.165) is 22.9 Å². The van der Waals surface area contributed by atoms with Gasteiger partial charge in [-0.25, -0.2) is 25.8 Å². The van der Waals surface area contributed by atoms with E-state index in [0.29, 0.717) is 31.6 Å². The van der Waals surface area contributed by atoms with E-state index >= 15 is 0 Å². The average molecular weight is 825 g/mol. The topological polar surface area (TPSA) is 260 Å². The molecule has 0 aromatic heterocycles. The number of hydrogen-bond donors (Lipinski definition) is 7. The van der Waals surface area contributed by atoms with Crippen LogP contribution in [0.2, 0.25) is 0 Å². The third-order valence-corrected chi connectivity index (χ3v) is 12.0. The van der Waals surface area contributed by atoms with Crippen molar-refractivity contribution in [3.63, 3.8) is 0 Å². The van der Waals surface area contributed by atoms with E-state index in [-0.39, 0.29) is 48.1 Å². The number of hydrogen-bond acceptors (Lipinski definition) is 14. The zero-order valence-corrected chi connectivity index (χ0v) is 34.9. The first kappa shape index (κ1) is 46.7. The van der Waals surface area contributed by atoms with Crippen molar-refractivity contribution < 1.29 is 58.6 Å². The summed E-state index contributed by atoms with van der Waals surface area (Å²) in [6.45, 7) is 12.8. The number of hydrazine groups is 2. The number of fused-ring (bicyclic) bond motifs is 2. The van der Waals surface area contributed by atoms with E-state index in [2.05, 4.69) is 35.3 Å². The van der Waals surface area contributed by atoms with Crippen molar-refractivity contribution in [3.05, 3.63) is 0 Å². The van der Waals surface area contributed by atoms with Crippen LogP contribution < -0.4 is 21.5 Å². The number of aliphatic hydroxyl groups is 1. The number of hydroxylamine groups is 4. The lowest BCUT2D eigenvalue weighted by Gasteiger charge is -2.43. The summed E-state index contributed by atoms with van der Waals surface area (Å²) in [6.07, 6.45) is 1.02.